The van der Waals surface area contributed by atoms with Crippen LogP contribution in [0.1, 0.15) is 40.0 Å². The van der Waals surface area contributed by atoms with Crippen molar-refractivity contribution in [1.82, 2.24) is 0 Å². The van der Waals surface area contributed by atoms with Crippen LogP contribution in [0.3, 0.4) is 0 Å². The maximum atomic E-state index is 10.5. The molecule has 0 spiro atoms. The van der Waals surface area contributed by atoms with Gasteiger partial charge in [-0.2, -0.15) is 12.6 Å². The van der Waals surface area contributed by atoms with Crippen LogP contribution in [0.15, 0.2) is 0 Å². The molecule has 0 saturated heterocycles. The number of ether oxygens (including phenoxy) is 1. The Morgan fingerprint density at radius 2 is 2.17 bits per heavy atom. The third kappa shape index (κ3) is 6.53. The summed E-state index contributed by atoms with van der Waals surface area (Å²) in [7, 11) is 0. The van der Waals surface area contributed by atoms with Crippen molar-refractivity contribution in [2.45, 2.75) is 51.4 Å². The van der Waals surface area contributed by atoms with Crippen LogP contribution in [0.5, 0.6) is 0 Å². The minimum Gasteiger partial charge on any atom is -0.463 e. The van der Waals surface area contributed by atoms with Gasteiger partial charge in [0.25, 0.3) is 0 Å². The lowest BCUT2D eigenvalue weighted by Gasteiger charge is -2.15. The molecule has 0 bridgehead atoms. The lowest BCUT2D eigenvalue weighted by molar-refractivity contribution is -0.145. The topological polar surface area (TPSA) is 26.3 Å². The third-order valence-electron chi connectivity index (χ3n) is 1.59. The number of carbonyl (C=O) groups excluding carboxylic acids is 1. The highest BCUT2D eigenvalue weighted by Gasteiger charge is 2.10. The highest BCUT2D eigenvalue weighted by molar-refractivity contribution is 7.80. The maximum Gasteiger partial charge on any atom is 0.302 e. The quantitative estimate of drug-likeness (QED) is 0.532. The molecule has 0 aromatic rings. The minimum absolute atomic E-state index is 0.00319. The molecule has 0 aromatic heterocycles. The van der Waals surface area contributed by atoms with Crippen molar-refractivity contribution in [3.63, 3.8) is 0 Å². The Kier molecular flexibility index (Phi) is 6.25. The molecule has 0 N–H and O–H groups in total. The van der Waals surface area contributed by atoms with Gasteiger partial charge in [-0.25, -0.2) is 0 Å². The molecule has 0 aliphatic heterocycles. The Morgan fingerprint density at radius 3 is 2.58 bits per heavy atom. The molecule has 0 radical (unpaired) electrons. The van der Waals surface area contributed by atoms with E-state index in [1.54, 1.807) is 0 Å². The van der Waals surface area contributed by atoms with Gasteiger partial charge in [-0.1, -0.05) is 13.3 Å². The van der Waals surface area contributed by atoms with Gasteiger partial charge in [0.15, 0.2) is 0 Å². The van der Waals surface area contributed by atoms with Gasteiger partial charge >= 0.3 is 5.97 Å². The van der Waals surface area contributed by atoms with E-state index in [-0.39, 0.29) is 12.1 Å². The lowest BCUT2D eigenvalue weighted by atomic mass is 10.1. The number of hydrogen-bond acceptors (Lipinski definition) is 3. The predicted molar refractivity (Wildman–Crippen MR) is 53.5 cm³/mol. The average Bonchev–Trinajstić information content (AvgIpc) is 1.84. The van der Waals surface area contributed by atoms with Crippen LogP contribution in [0.2, 0.25) is 0 Å². The molecule has 0 aliphatic carbocycles. The van der Waals surface area contributed by atoms with E-state index >= 15 is 0 Å². The summed E-state index contributed by atoms with van der Waals surface area (Å²) in [5, 5.41) is 0.351. The fourth-order valence-corrected chi connectivity index (χ4v) is 1.72. The zero-order valence-corrected chi connectivity index (χ0v) is 8.93. The van der Waals surface area contributed by atoms with Crippen LogP contribution in [-0.2, 0) is 9.53 Å². The molecule has 0 rings (SSSR count). The third-order valence-corrected chi connectivity index (χ3v) is 2.06. The fourth-order valence-electron chi connectivity index (χ4n) is 1.17. The van der Waals surface area contributed by atoms with E-state index < -0.39 is 0 Å². The van der Waals surface area contributed by atoms with Crippen molar-refractivity contribution in [3.05, 3.63) is 0 Å². The van der Waals surface area contributed by atoms with Gasteiger partial charge in [0.05, 0.1) is 0 Å². The van der Waals surface area contributed by atoms with Crippen LogP contribution in [0.4, 0.5) is 0 Å². The average molecular weight is 190 g/mol. The summed E-state index contributed by atoms with van der Waals surface area (Å²) in [6, 6.07) is 0. The molecular weight excluding hydrogens is 172 g/mol. The predicted octanol–water partition coefficient (Wildman–Crippen LogP) is 2.43. The minimum atomic E-state index is -0.209. The van der Waals surface area contributed by atoms with Gasteiger partial charge in [-0.05, 0) is 19.8 Å². The Bertz CT molecular complexity index is 136. The monoisotopic (exact) mass is 190 g/mol. The largest absolute Gasteiger partial charge is 0.463 e. The van der Waals surface area contributed by atoms with E-state index in [1.165, 1.54) is 6.92 Å². The van der Waals surface area contributed by atoms with Crippen molar-refractivity contribution in [3.8, 4) is 0 Å². The summed E-state index contributed by atoms with van der Waals surface area (Å²) in [6.45, 7) is 5.46. The number of hydrogen-bond donors (Lipinski definition) is 1. The van der Waals surface area contributed by atoms with Gasteiger partial charge in [0.2, 0.25) is 0 Å². The summed E-state index contributed by atoms with van der Waals surface area (Å²) in [4.78, 5) is 10.5. The highest BCUT2D eigenvalue weighted by Crippen LogP contribution is 2.13. The zero-order chi connectivity index (χ0) is 9.56. The first-order valence-electron chi connectivity index (χ1n) is 4.41. The van der Waals surface area contributed by atoms with Gasteiger partial charge in [-0.15, -0.1) is 0 Å². The molecule has 0 amide bonds. The molecule has 2 nitrogen and oxygen atoms in total. The molecular formula is C9H18O2S. The first kappa shape index (κ1) is 11.8. The highest BCUT2D eigenvalue weighted by atomic mass is 32.1. The first-order valence-corrected chi connectivity index (χ1v) is 4.93. The maximum absolute atomic E-state index is 10.5. The van der Waals surface area contributed by atoms with Gasteiger partial charge in [0, 0.05) is 12.2 Å². The Labute approximate surface area is 80.1 Å². The second-order valence-corrected chi connectivity index (χ2v) is 3.83. The van der Waals surface area contributed by atoms with Gasteiger partial charge in [0.1, 0.15) is 6.10 Å². The van der Waals surface area contributed by atoms with Crippen molar-refractivity contribution in [2.24, 2.45) is 0 Å². The lowest BCUT2D eigenvalue weighted by Crippen LogP contribution is -2.16. The molecule has 0 aromatic carbocycles. The molecule has 0 aliphatic rings. The molecule has 0 fully saturated rings. The summed E-state index contributed by atoms with van der Waals surface area (Å²) in [5.74, 6) is -0.209. The van der Waals surface area contributed by atoms with Crippen molar-refractivity contribution >= 4 is 18.6 Å². The number of esters is 1. The van der Waals surface area contributed by atoms with Crippen molar-refractivity contribution in [2.75, 3.05) is 0 Å². The second-order valence-electron chi connectivity index (χ2n) is 3.10. The smallest absolute Gasteiger partial charge is 0.302 e. The molecule has 3 heteroatoms. The van der Waals surface area contributed by atoms with Crippen molar-refractivity contribution < 1.29 is 9.53 Å². The van der Waals surface area contributed by atoms with E-state index in [0.717, 1.165) is 19.3 Å². The molecule has 2 atom stereocenters. The number of rotatable bonds is 5. The molecule has 0 saturated carbocycles. The van der Waals surface area contributed by atoms with Crippen LogP contribution >= 0.6 is 12.6 Å². The SMILES string of the molecule is CCCC(S)CC(C)OC(C)=O. The van der Waals surface area contributed by atoms with Crippen molar-refractivity contribution in [1.29, 1.82) is 0 Å². The molecule has 12 heavy (non-hydrogen) atoms. The van der Waals surface area contributed by atoms with E-state index in [0.29, 0.717) is 5.25 Å². The standard InChI is InChI=1S/C9H18O2S/c1-4-5-9(12)6-7(2)11-8(3)10/h7,9,12H,4-6H2,1-3H3. The Morgan fingerprint density at radius 1 is 1.58 bits per heavy atom. The van der Waals surface area contributed by atoms with Crippen LogP contribution < -0.4 is 0 Å². The van der Waals surface area contributed by atoms with Gasteiger partial charge < -0.3 is 4.74 Å². The van der Waals surface area contributed by atoms with E-state index in [9.17, 15) is 4.79 Å². The van der Waals surface area contributed by atoms with E-state index in [4.69, 9.17) is 4.74 Å². The fraction of sp³-hybridized carbons (Fsp3) is 0.889. The normalized spacial score (nSPS) is 15.3. The van der Waals surface area contributed by atoms with Gasteiger partial charge in [-0.3, -0.25) is 4.79 Å². The van der Waals surface area contributed by atoms with E-state index in [2.05, 4.69) is 19.6 Å². The van der Waals surface area contributed by atoms with Crippen LogP contribution in [0, 0.1) is 0 Å². The molecule has 72 valence electrons. The van der Waals surface area contributed by atoms with Crippen LogP contribution in [-0.4, -0.2) is 17.3 Å². The van der Waals surface area contributed by atoms with E-state index in [1.807, 2.05) is 6.92 Å². The first-order chi connectivity index (χ1) is 5.56. The number of carbonyl (C=O) groups is 1. The summed E-state index contributed by atoms with van der Waals surface area (Å²) in [6.07, 6.45) is 3.04. The second kappa shape index (κ2) is 6.35. The summed E-state index contributed by atoms with van der Waals surface area (Å²) in [5.41, 5.74) is 0. The Hall–Kier alpha value is -0.180. The summed E-state index contributed by atoms with van der Waals surface area (Å²) < 4.78 is 4.98. The summed E-state index contributed by atoms with van der Waals surface area (Å²) >= 11 is 4.38. The van der Waals surface area contributed by atoms with Crippen LogP contribution in [0.25, 0.3) is 0 Å². The molecule has 2 unspecified atom stereocenters. The zero-order valence-electron chi connectivity index (χ0n) is 8.04. The number of thiol groups is 1. The Balaban J connectivity index is 3.53. The molecule has 0 heterocycles.